The van der Waals surface area contributed by atoms with Gasteiger partial charge in [-0.1, -0.05) is 12.1 Å². The SMILES string of the molecule is Brc1cnc(N2CCCOc3ccccc32)c(Br)c1. The number of hydrogen-bond donors (Lipinski definition) is 0. The molecule has 5 heteroatoms. The molecule has 0 unspecified atom stereocenters. The number of para-hydroxylation sites is 2. The van der Waals surface area contributed by atoms with E-state index in [9.17, 15) is 0 Å². The van der Waals surface area contributed by atoms with E-state index in [0.29, 0.717) is 0 Å². The van der Waals surface area contributed by atoms with Crippen molar-refractivity contribution in [3.8, 4) is 5.75 Å². The van der Waals surface area contributed by atoms with Gasteiger partial charge in [0.05, 0.1) is 16.8 Å². The van der Waals surface area contributed by atoms with Crippen LogP contribution in [0.25, 0.3) is 0 Å². The second-order valence-electron chi connectivity index (χ2n) is 4.28. The quantitative estimate of drug-likeness (QED) is 0.723. The standard InChI is InChI=1S/C14H12Br2N2O/c15-10-8-11(16)14(17-9-10)18-6-3-7-19-13-5-2-1-4-12(13)18/h1-2,4-5,8-9H,3,6-7H2. The van der Waals surface area contributed by atoms with Crippen molar-refractivity contribution < 1.29 is 4.74 Å². The highest BCUT2D eigenvalue weighted by atomic mass is 79.9. The molecule has 3 rings (SSSR count). The van der Waals surface area contributed by atoms with Crippen molar-refractivity contribution in [1.82, 2.24) is 4.98 Å². The molecule has 1 aliphatic rings. The van der Waals surface area contributed by atoms with Gasteiger partial charge in [0.15, 0.2) is 0 Å². The molecule has 0 N–H and O–H groups in total. The molecule has 0 amide bonds. The Morgan fingerprint density at radius 3 is 2.89 bits per heavy atom. The average molecular weight is 384 g/mol. The third-order valence-electron chi connectivity index (χ3n) is 2.98. The fourth-order valence-corrected chi connectivity index (χ4v) is 3.35. The smallest absolute Gasteiger partial charge is 0.147 e. The van der Waals surface area contributed by atoms with Gasteiger partial charge in [0.1, 0.15) is 11.6 Å². The van der Waals surface area contributed by atoms with Crippen LogP contribution in [-0.4, -0.2) is 18.1 Å². The van der Waals surface area contributed by atoms with Gasteiger partial charge in [0.2, 0.25) is 0 Å². The van der Waals surface area contributed by atoms with Gasteiger partial charge in [0, 0.05) is 17.2 Å². The normalized spacial score (nSPS) is 14.5. The van der Waals surface area contributed by atoms with E-state index in [2.05, 4.69) is 47.8 Å². The van der Waals surface area contributed by atoms with Crippen LogP contribution in [0.2, 0.25) is 0 Å². The Morgan fingerprint density at radius 1 is 1.21 bits per heavy atom. The van der Waals surface area contributed by atoms with Gasteiger partial charge in [-0.15, -0.1) is 0 Å². The Kier molecular flexibility index (Phi) is 3.75. The van der Waals surface area contributed by atoms with E-state index in [1.54, 1.807) is 0 Å². The molecule has 3 nitrogen and oxygen atoms in total. The zero-order chi connectivity index (χ0) is 13.2. The lowest BCUT2D eigenvalue weighted by atomic mass is 10.2. The van der Waals surface area contributed by atoms with Crippen LogP contribution in [-0.2, 0) is 0 Å². The maximum absolute atomic E-state index is 5.77. The lowest BCUT2D eigenvalue weighted by molar-refractivity contribution is 0.322. The van der Waals surface area contributed by atoms with E-state index in [1.165, 1.54) is 0 Å². The molecule has 2 aromatic rings. The maximum atomic E-state index is 5.77. The fraction of sp³-hybridized carbons (Fsp3) is 0.214. The molecule has 1 aromatic heterocycles. The largest absolute Gasteiger partial charge is 0.491 e. The third-order valence-corrected chi connectivity index (χ3v) is 4.00. The minimum absolute atomic E-state index is 0.738. The molecule has 0 saturated carbocycles. The van der Waals surface area contributed by atoms with E-state index < -0.39 is 0 Å². The predicted octanol–water partition coefficient (Wildman–Crippen LogP) is 4.53. The van der Waals surface area contributed by atoms with E-state index >= 15 is 0 Å². The summed E-state index contributed by atoms with van der Waals surface area (Å²) in [6, 6.07) is 10.1. The Balaban J connectivity index is 2.09. The number of benzene rings is 1. The molecular weight excluding hydrogens is 372 g/mol. The summed E-state index contributed by atoms with van der Waals surface area (Å²) in [5.41, 5.74) is 1.07. The van der Waals surface area contributed by atoms with Gasteiger partial charge in [0.25, 0.3) is 0 Å². The first-order valence-corrected chi connectivity index (χ1v) is 7.65. The van der Waals surface area contributed by atoms with Crippen LogP contribution in [0.15, 0.2) is 45.5 Å². The topological polar surface area (TPSA) is 25.4 Å². The third kappa shape index (κ3) is 2.62. The molecule has 1 aliphatic heterocycles. The molecule has 0 bridgehead atoms. The van der Waals surface area contributed by atoms with Gasteiger partial charge in [-0.25, -0.2) is 4.98 Å². The highest BCUT2D eigenvalue weighted by Gasteiger charge is 2.20. The Labute approximate surface area is 128 Å². The Bertz CT molecular complexity index is 604. The van der Waals surface area contributed by atoms with Crippen molar-refractivity contribution in [1.29, 1.82) is 0 Å². The molecule has 1 aromatic carbocycles. The Morgan fingerprint density at radius 2 is 2.05 bits per heavy atom. The molecule has 19 heavy (non-hydrogen) atoms. The number of nitrogens with zero attached hydrogens (tertiary/aromatic N) is 2. The first-order chi connectivity index (χ1) is 9.25. The lowest BCUT2D eigenvalue weighted by Gasteiger charge is -2.23. The average Bonchev–Trinajstić information content (AvgIpc) is 2.61. The minimum atomic E-state index is 0.738. The summed E-state index contributed by atoms with van der Waals surface area (Å²) >= 11 is 7.02. The van der Waals surface area contributed by atoms with Gasteiger partial charge in [-0.2, -0.15) is 0 Å². The molecule has 0 saturated heterocycles. The van der Waals surface area contributed by atoms with Crippen molar-refractivity contribution >= 4 is 43.4 Å². The van der Waals surface area contributed by atoms with Gasteiger partial charge in [-0.3, -0.25) is 0 Å². The maximum Gasteiger partial charge on any atom is 0.147 e. The number of fused-ring (bicyclic) bond motifs is 1. The first kappa shape index (κ1) is 12.9. The van der Waals surface area contributed by atoms with E-state index in [-0.39, 0.29) is 0 Å². The first-order valence-electron chi connectivity index (χ1n) is 6.06. The van der Waals surface area contributed by atoms with E-state index in [1.807, 2.05) is 30.5 Å². The van der Waals surface area contributed by atoms with Crippen molar-refractivity contribution in [3.05, 3.63) is 45.5 Å². The summed E-state index contributed by atoms with van der Waals surface area (Å²) < 4.78 is 7.70. The molecule has 0 atom stereocenters. The molecular formula is C14H12Br2N2O. The highest BCUT2D eigenvalue weighted by Crippen LogP contribution is 2.38. The molecule has 0 spiro atoms. The summed E-state index contributed by atoms with van der Waals surface area (Å²) in [6.45, 7) is 1.63. The van der Waals surface area contributed by atoms with Crippen molar-refractivity contribution in [3.63, 3.8) is 0 Å². The summed E-state index contributed by atoms with van der Waals surface area (Å²) in [4.78, 5) is 6.71. The highest BCUT2D eigenvalue weighted by molar-refractivity contribution is 9.11. The zero-order valence-electron chi connectivity index (χ0n) is 10.1. The lowest BCUT2D eigenvalue weighted by Crippen LogP contribution is -2.19. The number of aromatic nitrogens is 1. The number of ether oxygens (including phenoxy) is 1. The van der Waals surface area contributed by atoms with E-state index in [0.717, 1.165) is 45.8 Å². The van der Waals surface area contributed by atoms with Crippen LogP contribution in [0, 0.1) is 0 Å². The number of halogens is 2. The number of hydrogen-bond acceptors (Lipinski definition) is 3. The van der Waals surface area contributed by atoms with Crippen LogP contribution in [0.1, 0.15) is 6.42 Å². The van der Waals surface area contributed by atoms with Crippen molar-refractivity contribution in [2.24, 2.45) is 0 Å². The van der Waals surface area contributed by atoms with E-state index in [4.69, 9.17) is 4.74 Å². The molecule has 0 radical (unpaired) electrons. The molecule has 2 heterocycles. The Hall–Kier alpha value is -1.07. The van der Waals surface area contributed by atoms with Gasteiger partial charge >= 0.3 is 0 Å². The summed E-state index contributed by atoms with van der Waals surface area (Å²) in [5.74, 6) is 1.83. The molecule has 98 valence electrons. The van der Waals surface area contributed by atoms with Crippen molar-refractivity contribution in [2.45, 2.75) is 6.42 Å². The summed E-state index contributed by atoms with van der Waals surface area (Å²) in [6.07, 6.45) is 2.79. The van der Waals surface area contributed by atoms with Gasteiger partial charge < -0.3 is 9.64 Å². The van der Waals surface area contributed by atoms with Crippen LogP contribution in [0.4, 0.5) is 11.5 Å². The number of pyridine rings is 1. The van der Waals surface area contributed by atoms with Crippen LogP contribution in [0.3, 0.4) is 0 Å². The second kappa shape index (κ2) is 5.51. The zero-order valence-corrected chi connectivity index (χ0v) is 13.3. The number of rotatable bonds is 1. The molecule has 0 aliphatic carbocycles. The summed E-state index contributed by atoms with van der Waals surface area (Å²) in [7, 11) is 0. The monoisotopic (exact) mass is 382 g/mol. The van der Waals surface area contributed by atoms with Crippen LogP contribution in [0.5, 0.6) is 5.75 Å². The predicted molar refractivity (Wildman–Crippen MR) is 83.2 cm³/mol. The second-order valence-corrected chi connectivity index (χ2v) is 6.05. The minimum Gasteiger partial charge on any atom is -0.491 e. The van der Waals surface area contributed by atoms with Crippen LogP contribution >= 0.6 is 31.9 Å². The summed E-state index contributed by atoms with van der Waals surface area (Å²) in [5, 5.41) is 0. The van der Waals surface area contributed by atoms with Gasteiger partial charge in [-0.05, 0) is 56.5 Å². The number of anilines is 2. The van der Waals surface area contributed by atoms with Crippen LogP contribution < -0.4 is 9.64 Å². The fourth-order valence-electron chi connectivity index (χ4n) is 2.15. The van der Waals surface area contributed by atoms with Crippen molar-refractivity contribution in [2.75, 3.05) is 18.1 Å². The molecule has 0 fully saturated rings.